The summed E-state index contributed by atoms with van der Waals surface area (Å²) in [7, 11) is 0. The Morgan fingerprint density at radius 3 is 2.01 bits per heavy atom. The highest BCUT2D eigenvalue weighted by Crippen LogP contribution is 2.32. The number of Topliss-reactive ketones (excluding diaryl/α,β-unsaturated/α-hetero) is 1. The molecule has 1 aliphatic heterocycles. The summed E-state index contributed by atoms with van der Waals surface area (Å²) in [5, 5.41) is 16.6. The van der Waals surface area contributed by atoms with Crippen LogP contribution >= 0.6 is 11.8 Å². The number of amides is 7. The molecule has 1 unspecified atom stereocenters. The largest absolute Gasteiger partial charge is 0.491 e. The quantitative estimate of drug-likeness (QED) is 0.0178. The molecule has 0 saturated carbocycles. The average molecular weight is 1140 g/mol. The number of ether oxygens (including phenoxy) is 2. The number of nitrogens with one attached hydrogen (secondary N) is 3. The van der Waals surface area contributed by atoms with Gasteiger partial charge in [-0.1, -0.05) is 32.9 Å². The Hall–Kier alpha value is -9.28. The molecule has 8 N–H and O–H groups in total. The van der Waals surface area contributed by atoms with E-state index in [1.165, 1.54) is 31.3 Å². The van der Waals surface area contributed by atoms with Crippen LogP contribution in [-0.4, -0.2) is 140 Å². The molecule has 7 rings (SSSR count). The van der Waals surface area contributed by atoms with Crippen LogP contribution < -0.4 is 32.2 Å². The van der Waals surface area contributed by atoms with E-state index in [0.717, 1.165) is 16.7 Å². The highest BCUT2D eigenvalue weighted by Gasteiger charge is 2.39. The van der Waals surface area contributed by atoms with Gasteiger partial charge in [0.25, 0.3) is 11.8 Å². The van der Waals surface area contributed by atoms with Gasteiger partial charge in [0, 0.05) is 64.4 Å². The van der Waals surface area contributed by atoms with Gasteiger partial charge in [-0.15, -0.1) is 0 Å². The maximum Gasteiger partial charge on any atom is 0.309 e. The molecule has 81 heavy (non-hydrogen) atoms. The molecule has 28 nitrogen and oxygen atoms in total. The third-order valence-corrected chi connectivity index (χ3v) is 13.6. The number of esters is 1. The van der Waals surface area contributed by atoms with Crippen molar-refractivity contribution in [2.45, 2.75) is 104 Å². The number of likely N-dealkylation sites (tertiary alicyclic amines) is 1. The second kappa shape index (κ2) is 26.1. The number of aromatic nitrogens is 7. The number of hydrogen-bond acceptors (Lipinski definition) is 20. The van der Waals surface area contributed by atoms with E-state index in [9.17, 15) is 53.1 Å². The monoisotopic (exact) mass is 1140 g/mol. The maximum atomic E-state index is 13.8. The number of fused-ring (bicyclic) bond motifs is 2. The number of anilines is 2. The van der Waals surface area contributed by atoms with Crippen molar-refractivity contribution in [2.24, 2.45) is 17.4 Å². The highest BCUT2D eigenvalue weighted by atomic mass is 32.2. The van der Waals surface area contributed by atoms with E-state index in [1.54, 1.807) is 48.3 Å². The minimum Gasteiger partial charge on any atom is -0.491 e. The molecule has 1 aliphatic rings. The van der Waals surface area contributed by atoms with Gasteiger partial charge in [0.2, 0.25) is 53.0 Å². The molecule has 1 saturated heterocycles. The third-order valence-electron chi connectivity index (χ3n) is 12.7. The lowest BCUT2D eigenvalue weighted by Crippen LogP contribution is -2.47. The second-order valence-corrected chi connectivity index (χ2v) is 19.6. The molecular formula is C52H59N13O15S. The molecular weight excluding hydrogens is 1080 g/mol. The van der Waals surface area contributed by atoms with E-state index in [-0.39, 0.29) is 114 Å². The lowest BCUT2D eigenvalue weighted by Gasteiger charge is -2.21. The van der Waals surface area contributed by atoms with Crippen molar-refractivity contribution in [3.63, 3.8) is 0 Å². The number of imidazole rings is 2. The molecule has 428 valence electrons. The number of imide groups is 1. The average Bonchev–Trinajstić information content (AvgIpc) is 4.44. The normalized spacial score (nSPS) is 14.1. The highest BCUT2D eigenvalue weighted by molar-refractivity contribution is 8.00. The van der Waals surface area contributed by atoms with Gasteiger partial charge in [-0.25, -0.2) is 24.9 Å². The summed E-state index contributed by atoms with van der Waals surface area (Å²) in [5.74, 6) is -7.99. The van der Waals surface area contributed by atoms with Crippen molar-refractivity contribution in [3.05, 3.63) is 82.4 Å². The smallest absolute Gasteiger partial charge is 0.309 e. The Morgan fingerprint density at radius 2 is 1.43 bits per heavy atom. The maximum absolute atomic E-state index is 13.8. The number of carboxylic acid groups (broad SMARTS) is 1. The van der Waals surface area contributed by atoms with E-state index in [1.807, 2.05) is 6.92 Å². The Labute approximate surface area is 465 Å². The first-order chi connectivity index (χ1) is 38.6. The number of ketones is 1. The van der Waals surface area contributed by atoms with Gasteiger partial charge in [0.1, 0.15) is 23.3 Å². The fourth-order valence-corrected chi connectivity index (χ4v) is 9.31. The summed E-state index contributed by atoms with van der Waals surface area (Å²) < 4.78 is 26.1. The summed E-state index contributed by atoms with van der Waals surface area (Å²) in [6.07, 6.45) is 5.83. The zero-order valence-corrected chi connectivity index (χ0v) is 45.8. The molecule has 3 atom stereocenters. The number of aryl methyl sites for hydroxylation is 4. The van der Waals surface area contributed by atoms with Crippen molar-refractivity contribution in [3.8, 4) is 5.75 Å². The van der Waals surface area contributed by atoms with Crippen LogP contribution in [0.2, 0.25) is 0 Å². The number of thioether (sulfide) groups is 1. The van der Waals surface area contributed by atoms with Gasteiger partial charge in [-0.05, 0) is 43.7 Å². The Kier molecular flexibility index (Phi) is 19.1. The first-order valence-electron chi connectivity index (χ1n) is 25.5. The van der Waals surface area contributed by atoms with Crippen LogP contribution in [0.25, 0.3) is 22.2 Å². The van der Waals surface area contributed by atoms with E-state index in [0.29, 0.717) is 30.1 Å². The molecule has 0 aliphatic carbocycles. The first kappa shape index (κ1) is 59.4. The number of nitrogens with zero attached hydrogens (tertiary/aromatic N) is 8. The number of pyridine rings is 1. The van der Waals surface area contributed by atoms with Crippen molar-refractivity contribution in [1.29, 1.82) is 0 Å². The fraction of sp³-hybridized carbons (Fsp3) is 0.404. The molecule has 0 spiro atoms. The fourth-order valence-electron chi connectivity index (χ4n) is 8.67. The Balaban J connectivity index is 1.08. The predicted octanol–water partition coefficient (Wildman–Crippen LogP) is 3.20. The minimum atomic E-state index is -1.35. The summed E-state index contributed by atoms with van der Waals surface area (Å²) in [6.45, 7) is 7.25. The number of nitrogens with two attached hydrogens (primary N) is 2. The van der Waals surface area contributed by atoms with Gasteiger partial charge in [-0.2, -0.15) is 11.8 Å². The predicted molar refractivity (Wildman–Crippen MR) is 288 cm³/mol. The van der Waals surface area contributed by atoms with Crippen LogP contribution in [0.15, 0.2) is 45.4 Å². The molecule has 6 heterocycles. The zero-order chi connectivity index (χ0) is 58.8. The van der Waals surface area contributed by atoms with Crippen LogP contribution in [-0.2, 0) is 59.4 Å². The number of carbonyl (C=O) groups excluding carboxylic acids is 9. The number of allylic oxidation sites excluding steroid dienone is 2. The molecule has 5 aromatic heterocycles. The number of hydrogen-bond donors (Lipinski definition) is 6. The van der Waals surface area contributed by atoms with Crippen LogP contribution in [0.3, 0.4) is 0 Å². The van der Waals surface area contributed by atoms with Gasteiger partial charge < -0.3 is 44.8 Å². The number of oxazole rings is 2. The molecule has 0 bridgehead atoms. The third kappa shape index (κ3) is 14.1. The van der Waals surface area contributed by atoms with Crippen LogP contribution in [0.1, 0.15) is 118 Å². The summed E-state index contributed by atoms with van der Waals surface area (Å²) in [4.78, 5) is 151. The van der Waals surface area contributed by atoms with Gasteiger partial charge in [0.15, 0.2) is 23.2 Å². The van der Waals surface area contributed by atoms with E-state index < -0.39 is 95.7 Å². The number of carbonyl (C=O) groups is 10. The van der Waals surface area contributed by atoms with Crippen molar-refractivity contribution >= 4 is 105 Å². The Morgan fingerprint density at radius 1 is 0.840 bits per heavy atom. The topological polar surface area (TPSA) is 401 Å². The number of rotatable bonds is 28. The van der Waals surface area contributed by atoms with Crippen LogP contribution in [0, 0.1) is 19.8 Å². The number of benzene rings is 1. The zero-order valence-electron chi connectivity index (χ0n) is 45.0. The van der Waals surface area contributed by atoms with Crippen LogP contribution in [0.4, 0.5) is 11.9 Å². The molecule has 6 aromatic rings. The Bertz CT molecular complexity index is 3500. The SMILES string of the molecule is CCc1nc(C)oc1C(=O)Nc1nc2cc(C(N)=O)cnc2n1C/C=C/Cn1c(NC(=O)c2oc(C)nc2CC)nc2cc(C(N)=O)cc(OCCCOC(=O)[C@H](C)CC(=O)[C@@H](CCC(=O)O)NC(=O)CN3C(=O)CC(SC)C3=O)c21. The van der Waals surface area contributed by atoms with Crippen LogP contribution in [0.5, 0.6) is 5.75 Å². The van der Waals surface area contributed by atoms with Crippen molar-refractivity contribution in [1.82, 2.24) is 44.3 Å². The molecule has 29 heteroatoms. The molecule has 1 fully saturated rings. The molecule has 1 aromatic carbocycles. The second-order valence-electron chi connectivity index (χ2n) is 18.6. The summed E-state index contributed by atoms with van der Waals surface area (Å²) in [6, 6.07) is 2.88. The van der Waals surface area contributed by atoms with E-state index in [2.05, 4.69) is 40.9 Å². The van der Waals surface area contributed by atoms with E-state index >= 15 is 0 Å². The summed E-state index contributed by atoms with van der Waals surface area (Å²) in [5.41, 5.74) is 13.2. The van der Waals surface area contributed by atoms with E-state index in [4.69, 9.17) is 29.8 Å². The standard InChI is InChI=1S/C52H59N13O15S/c1-7-30-42(79-26(4)56-30)47(73)61-51-59-33-19-28(44(53)71)21-36(77-16-11-17-78-50(76)25(3)18-35(66)32(12-13-40(69)70)58-38(67)24-65-39(68)22-37(81-6)49(65)75)41(33)63(51)14-9-10-15-64-46-34(20-29(23-55-46)45(54)72)60-52(64)62-48(74)43-31(8-2)57-27(5)80-43/h9-10,19-21,23,25,32,37H,7-8,11-18,22,24H2,1-6H3,(H2,53,71)(H2,54,72)(H,58,67)(H,69,70)(H,59,61,73)(H,60,62,74)/b10-9+/t25-,32-,37?/m1/s1. The lowest BCUT2D eigenvalue weighted by molar-refractivity contribution is -0.150. The molecule has 0 radical (unpaired) electrons. The number of carboxylic acids is 1. The minimum absolute atomic E-state index is 0.000163. The number of aliphatic carboxylic acids is 1. The summed E-state index contributed by atoms with van der Waals surface area (Å²) >= 11 is 1.16. The number of primary amides is 2. The van der Waals surface area contributed by atoms with Gasteiger partial charge in [0.05, 0.1) is 52.9 Å². The van der Waals surface area contributed by atoms with Gasteiger partial charge in [-0.3, -0.25) is 68.0 Å². The van der Waals surface area contributed by atoms with Gasteiger partial charge >= 0.3 is 11.9 Å². The lowest BCUT2D eigenvalue weighted by atomic mass is 9.97. The van der Waals surface area contributed by atoms with Crippen molar-refractivity contribution in [2.75, 3.05) is 36.6 Å². The first-order valence-corrected chi connectivity index (χ1v) is 26.8. The van der Waals surface area contributed by atoms with Crippen molar-refractivity contribution < 1.29 is 71.4 Å². The molecule has 7 amide bonds.